The number of nitrogens with zero attached hydrogens (tertiary/aromatic N) is 5. The van der Waals surface area contributed by atoms with E-state index in [1.807, 2.05) is 0 Å². The van der Waals surface area contributed by atoms with Gasteiger partial charge in [0.15, 0.2) is 5.65 Å². The van der Waals surface area contributed by atoms with Crippen molar-refractivity contribution in [2.75, 3.05) is 0 Å². The fourth-order valence-corrected chi connectivity index (χ4v) is 2.14. The van der Waals surface area contributed by atoms with Crippen LogP contribution >= 0.6 is 15.9 Å². The van der Waals surface area contributed by atoms with Crippen molar-refractivity contribution in [1.29, 1.82) is 0 Å². The Labute approximate surface area is 136 Å². The van der Waals surface area contributed by atoms with Gasteiger partial charge in [-0.05, 0) is 41.9 Å². The zero-order valence-corrected chi connectivity index (χ0v) is 13.5. The molecule has 0 aliphatic carbocycles. The fourth-order valence-electron chi connectivity index (χ4n) is 1.91. The summed E-state index contributed by atoms with van der Waals surface area (Å²) in [5.41, 5.74) is 1.11. The number of alkyl halides is 3. The van der Waals surface area contributed by atoms with Gasteiger partial charge in [0, 0.05) is 11.1 Å². The van der Waals surface area contributed by atoms with E-state index in [0.717, 1.165) is 0 Å². The molecule has 0 aliphatic rings. The smallest absolute Gasteiger partial charge is 0.436 e. The molecular weight excluding hydrogens is 379 g/mol. The van der Waals surface area contributed by atoms with Crippen molar-refractivity contribution in [3.8, 4) is 11.6 Å². The average Bonchev–Trinajstić information content (AvgIpc) is 2.91. The Morgan fingerprint density at radius 2 is 1.87 bits per heavy atom. The number of hydrogen-bond donors (Lipinski definition) is 0. The third kappa shape index (κ3) is 2.85. The summed E-state index contributed by atoms with van der Waals surface area (Å²) in [6.07, 6.45) is -3.23. The van der Waals surface area contributed by atoms with Crippen LogP contribution in [0.5, 0.6) is 11.6 Å². The standard InChI is InChI=1S/C13H9BrF3N5O/c1-6-7(2)11(23-8-3-4-9(14)18-5-8)21-22-10(6)19-20-12(22)13(15,16)17/h3-5H,1-2H3. The molecule has 0 saturated heterocycles. The first-order valence-electron chi connectivity index (χ1n) is 6.36. The van der Waals surface area contributed by atoms with Crippen molar-refractivity contribution < 1.29 is 17.9 Å². The van der Waals surface area contributed by atoms with Gasteiger partial charge < -0.3 is 4.74 Å². The Morgan fingerprint density at radius 3 is 2.48 bits per heavy atom. The summed E-state index contributed by atoms with van der Waals surface area (Å²) in [5.74, 6) is -0.817. The van der Waals surface area contributed by atoms with Crippen molar-refractivity contribution in [2.24, 2.45) is 0 Å². The quantitative estimate of drug-likeness (QED) is 0.627. The molecule has 10 heteroatoms. The minimum absolute atomic E-state index is 0.0319. The second-order valence-electron chi connectivity index (χ2n) is 4.73. The van der Waals surface area contributed by atoms with Crippen molar-refractivity contribution in [3.63, 3.8) is 0 Å². The molecule has 3 aromatic rings. The van der Waals surface area contributed by atoms with Crippen LogP contribution in [0.25, 0.3) is 5.65 Å². The van der Waals surface area contributed by atoms with Gasteiger partial charge >= 0.3 is 6.18 Å². The highest BCUT2D eigenvalue weighted by atomic mass is 79.9. The maximum atomic E-state index is 13.0. The van der Waals surface area contributed by atoms with Gasteiger partial charge in [-0.3, -0.25) is 0 Å². The van der Waals surface area contributed by atoms with Gasteiger partial charge in [0.1, 0.15) is 10.4 Å². The second kappa shape index (κ2) is 5.44. The number of pyridine rings is 1. The summed E-state index contributed by atoms with van der Waals surface area (Å²) in [5, 5.41) is 10.6. The molecule has 0 unspecified atom stereocenters. The first kappa shape index (κ1) is 15.7. The summed E-state index contributed by atoms with van der Waals surface area (Å²) in [6, 6.07) is 3.27. The van der Waals surface area contributed by atoms with Gasteiger partial charge in [-0.15, -0.1) is 15.3 Å². The van der Waals surface area contributed by atoms with E-state index in [0.29, 0.717) is 26.0 Å². The lowest BCUT2D eigenvalue weighted by Gasteiger charge is -2.11. The number of fused-ring (bicyclic) bond motifs is 1. The molecule has 0 atom stereocenters. The highest BCUT2D eigenvalue weighted by Gasteiger charge is 2.38. The predicted molar refractivity (Wildman–Crippen MR) is 77.3 cm³/mol. The molecule has 0 N–H and O–H groups in total. The molecule has 0 fully saturated rings. The number of ether oxygens (including phenoxy) is 1. The first-order chi connectivity index (χ1) is 10.8. The van der Waals surface area contributed by atoms with Crippen molar-refractivity contribution in [3.05, 3.63) is 39.9 Å². The maximum absolute atomic E-state index is 13.0. The highest BCUT2D eigenvalue weighted by molar-refractivity contribution is 9.10. The van der Waals surface area contributed by atoms with Gasteiger partial charge in [0.25, 0.3) is 5.82 Å². The van der Waals surface area contributed by atoms with E-state index >= 15 is 0 Å². The van der Waals surface area contributed by atoms with Crippen molar-refractivity contribution in [2.45, 2.75) is 20.0 Å². The van der Waals surface area contributed by atoms with E-state index in [4.69, 9.17) is 4.74 Å². The van der Waals surface area contributed by atoms with Gasteiger partial charge in [-0.25, -0.2) is 4.98 Å². The van der Waals surface area contributed by atoms with Gasteiger partial charge in [-0.1, -0.05) is 0 Å². The largest absolute Gasteiger partial charge is 0.453 e. The summed E-state index contributed by atoms with van der Waals surface area (Å²) >= 11 is 3.19. The van der Waals surface area contributed by atoms with Gasteiger partial charge in [0.05, 0.1) is 6.20 Å². The summed E-state index contributed by atoms with van der Waals surface area (Å²) in [6.45, 7) is 3.32. The summed E-state index contributed by atoms with van der Waals surface area (Å²) < 4.78 is 45.7. The normalized spacial score (nSPS) is 11.9. The monoisotopic (exact) mass is 387 g/mol. The number of rotatable bonds is 2. The molecule has 0 spiro atoms. The van der Waals surface area contributed by atoms with Crippen LogP contribution in [0.15, 0.2) is 22.9 Å². The predicted octanol–water partition coefficient (Wildman–Crippen LogP) is 3.71. The number of hydrogen-bond acceptors (Lipinski definition) is 5. The Bertz CT molecular complexity index is 876. The number of aryl methyl sites for hydroxylation is 1. The van der Waals surface area contributed by atoms with Crippen LogP contribution in [0.2, 0.25) is 0 Å². The van der Waals surface area contributed by atoms with E-state index in [9.17, 15) is 13.2 Å². The van der Waals surface area contributed by atoms with Crippen molar-refractivity contribution >= 4 is 21.6 Å². The minimum Gasteiger partial charge on any atom is -0.436 e. The first-order valence-corrected chi connectivity index (χ1v) is 7.16. The van der Waals surface area contributed by atoms with Crippen LogP contribution in [0.4, 0.5) is 13.2 Å². The zero-order valence-electron chi connectivity index (χ0n) is 11.9. The zero-order chi connectivity index (χ0) is 16.8. The second-order valence-corrected chi connectivity index (χ2v) is 5.54. The molecule has 3 aromatic heterocycles. The van der Waals surface area contributed by atoms with Crippen LogP contribution in [0.3, 0.4) is 0 Å². The lowest BCUT2D eigenvalue weighted by molar-refractivity contribution is -0.146. The summed E-state index contributed by atoms with van der Waals surface area (Å²) in [7, 11) is 0. The molecule has 3 rings (SSSR count). The van der Waals surface area contributed by atoms with Gasteiger partial charge in [0.2, 0.25) is 5.88 Å². The Balaban J connectivity index is 2.13. The Morgan fingerprint density at radius 1 is 1.13 bits per heavy atom. The maximum Gasteiger partial charge on any atom is 0.453 e. The SMILES string of the molecule is Cc1c(Oc2ccc(Br)nc2)nn2c(C(F)(F)F)nnc2c1C. The van der Waals surface area contributed by atoms with Gasteiger partial charge in [-0.2, -0.15) is 17.7 Å². The molecule has 6 nitrogen and oxygen atoms in total. The van der Waals surface area contributed by atoms with Crippen LogP contribution in [0.1, 0.15) is 17.0 Å². The lowest BCUT2D eigenvalue weighted by atomic mass is 10.2. The lowest BCUT2D eigenvalue weighted by Crippen LogP contribution is -2.13. The van der Waals surface area contributed by atoms with Crippen LogP contribution in [-0.4, -0.2) is 24.8 Å². The Kier molecular flexibility index (Phi) is 3.71. The minimum atomic E-state index is -4.66. The molecule has 23 heavy (non-hydrogen) atoms. The van der Waals surface area contributed by atoms with Crippen LogP contribution in [0, 0.1) is 13.8 Å². The highest BCUT2D eigenvalue weighted by Crippen LogP contribution is 2.31. The van der Waals surface area contributed by atoms with Crippen LogP contribution < -0.4 is 4.74 Å². The third-order valence-electron chi connectivity index (χ3n) is 3.22. The van der Waals surface area contributed by atoms with E-state index in [2.05, 4.69) is 36.2 Å². The molecule has 3 heterocycles. The molecular formula is C13H9BrF3N5O. The van der Waals surface area contributed by atoms with Crippen LogP contribution in [-0.2, 0) is 6.18 Å². The molecule has 0 saturated carbocycles. The summed E-state index contributed by atoms with van der Waals surface area (Å²) in [4.78, 5) is 3.99. The molecule has 120 valence electrons. The number of aromatic nitrogens is 5. The fraction of sp³-hybridized carbons (Fsp3) is 0.231. The molecule has 0 amide bonds. The molecule has 0 aliphatic heterocycles. The average molecular weight is 388 g/mol. The Hall–Kier alpha value is -2.23. The topological polar surface area (TPSA) is 65.2 Å². The molecule has 0 bridgehead atoms. The van der Waals surface area contributed by atoms with E-state index in [-0.39, 0.29) is 11.5 Å². The molecule has 0 radical (unpaired) electrons. The molecule has 0 aromatic carbocycles. The third-order valence-corrected chi connectivity index (χ3v) is 3.69. The van der Waals surface area contributed by atoms with E-state index in [1.165, 1.54) is 6.20 Å². The van der Waals surface area contributed by atoms with Crippen molar-refractivity contribution in [1.82, 2.24) is 24.8 Å². The number of halogens is 4. The van der Waals surface area contributed by atoms with E-state index in [1.54, 1.807) is 26.0 Å². The van der Waals surface area contributed by atoms with E-state index < -0.39 is 12.0 Å².